The van der Waals surface area contributed by atoms with Crippen LogP contribution in [0.4, 0.5) is 0 Å². The number of amides is 1. The maximum absolute atomic E-state index is 12.4. The van der Waals surface area contributed by atoms with Crippen molar-refractivity contribution < 1.29 is 33.8 Å². The monoisotopic (exact) mass is 483 g/mol. The molecule has 3 N–H and O–H groups in total. The van der Waals surface area contributed by atoms with Crippen molar-refractivity contribution >= 4 is 36.7 Å². The SMILES string of the molecule is CC(=O)N[Si](OC1CC=C(C(=O)O)OC1C(=O)O)(c1ccccc1)c1ccc(C(C)(C)C)cc1. The van der Waals surface area contributed by atoms with Crippen molar-refractivity contribution in [1.29, 1.82) is 0 Å². The molecule has 180 valence electrons. The van der Waals surface area contributed by atoms with Gasteiger partial charge in [-0.15, -0.1) is 0 Å². The lowest BCUT2D eigenvalue weighted by Gasteiger charge is -2.38. The fraction of sp³-hybridized carbons (Fsp3) is 0.320. The van der Waals surface area contributed by atoms with Gasteiger partial charge in [-0.2, -0.15) is 0 Å². The number of carboxylic acid groups (broad SMARTS) is 2. The number of hydrogen-bond acceptors (Lipinski definition) is 5. The Morgan fingerprint density at radius 2 is 1.59 bits per heavy atom. The predicted molar refractivity (Wildman–Crippen MR) is 128 cm³/mol. The first-order chi connectivity index (χ1) is 15.9. The molecule has 0 bridgehead atoms. The highest BCUT2D eigenvalue weighted by Gasteiger charge is 2.48. The molecule has 3 rings (SSSR count). The molecule has 0 spiro atoms. The number of carbonyl (C=O) groups excluding carboxylic acids is 1. The Kier molecular flexibility index (Phi) is 7.28. The summed E-state index contributed by atoms with van der Waals surface area (Å²) < 4.78 is 11.8. The summed E-state index contributed by atoms with van der Waals surface area (Å²) in [6, 6.07) is 16.9. The Morgan fingerprint density at radius 3 is 2.09 bits per heavy atom. The highest BCUT2D eigenvalue weighted by Crippen LogP contribution is 2.25. The van der Waals surface area contributed by atoms with Gasteiger partial charge >= 0.3 is 20.4 Å². The Hall–Kier alpha value is -3.43. The van der Waals surface area contributed by atoms with E-state index in [9.17, 15) is 24.6 Å². The molecule has 1 amide bonds. The van der Waals surface area contributed by atoms with E-state index < -0.39 is 38.4 Å². The van der Waals surface area contributed by atoms with Crippen molar-refractivity contribution in [2.45, 2.75) is 51.7 Å². The molecule has 9 heteroatoms. The summed E-state index contributed by atoms with van der Waals surface area (Å²) in [6.45, 7) is 7.66. The number of aliphatic carboxylic acids is 2. The number of ether oxygens (including phenoxy) is 1. The Labute approximate surface area is 199 Å². The van der Waals surface area contributed by atoms with Crippen molar-refractivity contribution in [1.82, 2.24) is 4.98 Å². The van der Waals surface area contributed by atoms with E-state index in [1.807, 2.05) is 54.6 Å². The van der Waals surface area contributed by atoms with Gasteiger partial charge in [0.1, 0.15) is 0 Å². The molecule has 3 unspecified atom stereocenters. The van der Waals surface area contributed by atoms with E-state index in [-0.39, 0.29) is 17.7 Å². The second-order valence-corrected chi connectivity index (χ2v) is 12.2. The molecule has 0 fully saturated rings. The summed E-state index contributed by atoms with van der Waals surface area (Å²) in [6.07, 6.45) is -1.27. The van der Waals surface area contributed by atoms with Gasteiger partial charge in [0, 0.05) is 6.92 Å². The number of nitrogens with one attached hydrogen (secondary N) is 1. The van der Waals surface area contributed by atoms with Crippen LogP contribution in [-0.2, 0) is 29.0 Å². The van der Waals surface area contributed by atoms with Crippen LogP contribution in [0.2, 0.25) is 0 Å². The lowest BCUT2D eigenvalue weighted by molar-refractivity contribution is -0.158. The lowest BCUT2D eigenvalue weighted by Crippen LogP contribution is -2.74. The first kappa shape index (κ1) is 25.2. The van der Waals surface area contributed by atoms with Crippen LogP contribution in [0.5, 0.6) is 0 Å². The summed E-state index contributed by atoms with van der Waals surface area (Å²) >= 11 is 0. The molecule has 0 saturated heterocycles. The number of rotatable bonds is 7. The molecule has 1 aliphatic heterocycles. The van der Waals surface area contributed by atoms with Crippen molar-refractivity contribution in [3.05, 3.63) is 72.0 Å². The molecule has 0 aliphatic carbocycles. The third-order valence-electron chi connectivity index (χ3n) is 5.60. The van der Waals surface area contributed by atoms with E-state index >= 15 is 0 Å². The Balaban J connectivity index is 2.15. The number of carboxylic acids is 2. The average Bonchev–Trinajstić information content (AvgIpc) is 2.78. The minimum atomic E-state index is -3.54. The zero-order valence-electron chi connectivity index (χ0n) is 19.6. The van der Waals surface area contributed by atoms with Gasteiger partial charge in [-0.05, 0) is 33.8 Å². The molecule has 0 radical (unpaired) electrons. The van der Waals surface area contributed by atoms with Crippen LogP contribution in [0.15, 0.2) is 66.4 Å². The maximum Gasteiger partial charge on any atom is 0.370 e. The van der Waals surface area contributed by atoms with Gasteiger partial charge in [0.25, 0.3) is 0 Å². The zero-order valence-corrected chi connectivity index (χ0v) is 20.6. The number of carbonyl (C=O) groups is 3. The van der Waals surface area contributed by atoms with Gasteiger partial charge in [-0.1, -0.05) is 75.4 Å². The molecule has 0 saturated carbocycles. The van der Waals surface area contributed by atoms with E-state index in [0.717, 1.165) is 10.8 Å². The number of benzene rings is 2. The molecule has 1 heterocycles. The molecule has 0 aromatic heterocycles. The third kappa shape index (κ3) is 5.37. The standard InChI is InChI=1S/C25H29NO7Si/c1-16(27)26-34(18-8-6-5-7-9-18,19-12-10-17(11-13-19)25(2,3)4)33-20-14-15-21(23(28)29)32-22(20)24(30)31/h5-13,15,20,22H,14H2,1-4H3,(H,26,27)(H,28,29)(H,30,31). The van der Waals surface area contributed by atoms with Crippen LogP contribution in [0, 0.1) is 0 Å². The molecule has 3 atom stereocenters. The molecule has 34 heavy (non-hydrogen) atoms. The first-order valence-corrected chi connectivity index (χ1v) is 12.8. The van der Waals surface area contributed by atoms with Gasteiger partial charge in [-0.25, -0.2) is 9.59 Å². The molecule has 2 aromatic carbocycles. The summed E-state index contributed by atoms with van der Waals surface area (Å²) in [5.41, 5.74) is 1.00. The van der Waals surface area contributed by atoms with Gasteiger partial charge in [0.05, 0.1) is 6.10 Å². The van der Waals surface area contributed by atoms with Crippen LogP contribution >= 0.6 is 0 Å². The van der Waals surface area contributed by atoms with Crippen molar-refractivity contribution in [2.24, 2.45) is 0 Å². The van der Waals surface area contributed by atoms with Crippen LogP contribution in [0.1, 0.15) is 39.7 Å². The average molecular weight is 484 g/mol. The molecule has 2 aromatic rings. The Morgan fingerprint density at radius 1 is 1.00 bits per heavy atom. The minimum absolute atomic E-state index is 0.000156. The summed E-state index contributed by atoms with van der Waals surface area (Å²) in [4.78, 5) is 38.8. The fourth-order valence-electron chi connectivity index (χ4n) is 3.89. The second-order valence-electron chi connectivity index (χ2n) is 9.20. The minimum Gasteiger partial charge on any atom is -0.478 e. The van der Waals surface area contributed by atoms with Crippen LogP contribution in [-0.4, -0.2) is 48.7 Å². The Bertz CT molecular complexity index is 1090. The van der Waals surface area contributed by atoms with Crippen LogP contribution in [0.3, 0.4) is 0 Å². The lowest BCUT2D eigenvalue weighted by atomic mass is 9.87. The van der Waals surface area contributed by atoms with Gasteiger partial charge in [0.15, 0.2) is 0 Å². The fourth-order valence-corrected chi connectivity index (χ4v) is 7.31. The maximum atomic E-state index is 12.4. The molecule has 1 aliphatic rings. The van der Waals surface area contributed by atoms with E-state index in [4.69, 9.17) is 9.16 Å². The van der Waals surface area contributed by atoms with Crippen molar-refractivity contribution in [2.75, 3.05) is 0 Å². The van der Waals surface area contributed by atoms with Crippen LogP contribution < -0.4 is 15.4 Å². The van der Waals surface area contributed by atoms with Crippen molar-refractivity contribution in [3.8, 4) is 0 Å². The zero-order chi connectivity index (χ0) is 25.1. The van der Waals surface area contributed by atoms with Crippen LogP contribution in [0.25, 0.3) is 0 Å². The third-order valence-corrected chi connectivity index (χ3v) is 9.25. The van der Waals surface area contributed by atoms with Gasteiger partial charge < -0.3 is 24.4 Å². The van der Waals surface area contributed by atoms with E-state index in [1.165, 1.54) is 13.0 Å². The molecular formula is C25H29NO7Si. The van der Waals surface area contributed by atoms with E-state index in [0.29, 0.717) is 5.19 Å². The molecular weight excluding hydrogens is 454 g/mol. The second kappa shape index (κ2) is 9.82. The van der Waals surface area contributed by atoms with Gasteiger partial charge in [0.2, 0.25) is 17.8 Å². The summed E-state index contributed by atoms with van der Waals surface area (Å²) in [5, 5.41) is 20.4. The van der Waals surface area contributed by atoms with Crippen molar-refractivity contribution in [3.63, 3.8) is 0 Å². The number of hydrogen-bond donors (Lipinski definition) is 3. The van der Waals surface area contributed by atoms with Gasteiger partial charge in [-0.3, -0.25) is 4.79 Å². The quantitative estimate of drug-likeness (QED) is 0.514. The summed E-state index contributed by atoms with van der Waals surface area (Å²) in [7, 11) is -3.54. The van der Waals surface area contributed by atoms with E-state index in [2.05, 4.69) is 25.8 Å². The highest BCUT2D eigenvalue weighted by molar-refractivity contribution is 6.97. The predicted octanol–water partition coefficient (Wildman–Crippen LogP) is 1.90. The largest absolute Gasteiger partial charge is 0.478 e. The highest BCUT2D eigenvalue weighted by atomic mass is 28.4. The first-order valence-electron chi connectivity index (χ1n) is 10.9. The van der Waals surface area contributed by atoms with E-state index in [1.54, 1.807) is 0 Å². The molecule has 8 nitrogen and oxygen atoms in total. The smallest absolute Gasteiger partial charge is 0.370 e. The normalized spacial score (nSPS) is 19.8. The summed E-state index contributed by atoms with van der Waals surface area (Å²) in [5.74, 6) is -3.47. The topological polar surface area (TPSA) is 122 Å².